The Morgan fingerprint density at radius 3 is 2.20 bits per heavy atom. The molecule has 1 heteroatoms. The zero-order valence-corrected chi connectivity index (χ0v) is 21.4. The molecule has 4 aliphatic carbocycles. The molecule has 9 atom stereocenters. The first-order valence-corrected chi connectivity index (χ1v) is 13.6. The molecule has 0 aromatic rings. The molecule has 0 heterocycles. The van der Waals surface area contributed by atoms with Gasteiger partial charge in [0, 0.05) is 0 Å². The molecule has 4 rings (SSSR count). The van der Waals surface area contributed by atoms with Crippen molar-refractivity contribution in [3.05, 3.63) is 0 Å². The fraction of sp³-hybridized carbons (Fsp3) is 1.00. The molecule has 1 nitrogen and oxygen atoms in total. The van der Waals surface area contributed by atoms with E-state index in [1.165, 1.54) is 64.2 Å². The number of rotatable bonds is 5. The first-order valence-electron chi connectivity index (χ1n) is 13.6. The van der Waals surface area contributed by atoms with E-state index in [2.05, 4.69) is 48.5 Å². The van der Waals surface area contributed by atoms with Crippen molar-refractivity contribution >= 4 is 0 Å². The third kappa shape index (κ3) is 3.34. The molecular formula is C29H52O. The van der Waals surface area contributed by atoms with E-state index in [9.17, 15) is 5.11 Å². The normalized spacial score (nSPS) is 51.9. The van der Waals surface area contributed by atoms with Crippen LogP contribution in [0.1, 0.15) is 126 Å². The molecule has 0 aromatic heterocycles. The summed E-state index contributed by atoms with van der Waals surface area (Å²) in [4.78, 5) is 0. The smallest absolute Gasteiger partial charge is 0.0545 e. The van der Waals surface area contributed by atoms with E-state index in [1.807, 2.05) is 0 Å². The lowest BCUT2D eigenvalue weighted by molar-refractivity contribution is -0.201. The van der Waals surface area contributed by atoms with Crippen molar-refractivity contribution in [2.24, 2.45) is 51.2 Å². The van der Waals surface area contributed by atoms with Gasteiger partial charge in [0.15, 0.2) is 0 Å². The van der Waals surface area contributed by atoms with Crippen molar-refractivity contribution in [2.75, 3.05) is 0 Å². The zero-order chi connectivity index (χ0) is 21.9. The van der Waals surface area contributed by atoms with Gasteiger partial charge in [-0.25, -0.2) is 0 Å². The second-order valence-corrected chi connectivity index (χ2v) is 14.0. The fourth-order valence-corrected chi connectivity index (χ4v) is 10.4. The number of aliphatic hydroxyl groups is 1. The molecule has 0 bridgehead atoms. The lowest BCUT2D eigenvalue weighted by Crippen LogP contribution is -2.61. The maximum atomic E-state index is 10.4. The number of hydrogen-bond acceptors (Lipinski definition) is 1. The van der Waals surface area contributed by atoms with E-state index in [0.717, 1.165) is 42.4 Å². The first-order chi connectivity index (χ1) is 14.0. The predicted molar refractivity (Wildman–Crippen MR) is 128 cm³/mol. The Kier molecular flexibility index (Phi) is 5.99. The Balaban J connectivity index is 1.56. The predicted octanol–water partition coefficient (Wildman–Crippen LogP) is 8.25. The van der Waals surface area contributed by atoms with Crippen molar-refractivity contribution in [1.29, 1.82) is 0 Å². The average Bonchev–Trinajstić information content (AvgIpc) is 2.92. The van der Waals surface area contributed by atoms with Crippen molar-refractivity contribution < 1.29 is 5.11 Å². The Morgan fingerprint density at radius 2 is 1.50 bits per heavy atom. The van der Waals surface area contributed by atoms with E-state index >= 15 is 0 Å². The quantitative estimate of drug-likeness (QED) is 0.478. The molecule has 3 unspecified atom stereocenters. The summed E-state index contributed by atoms with van der Waals surface area (Å²) in [5.41, 5.74) is 1.94. The van der Waals surface area contributed by atoms with Crippen LogP contribution < -0.4 is 0 Å². The maximum Gasteiger partial charge on any atom is 0.0545 e. The molecule has 1 N–H and O–H groups in total. The van der Waals surface area contributed by atoms with Gasteiger partial charge in [0.2, 0.25) is 0 Å². The first kappa shape index (κ1) is 23.1. The molecule has 174 valence electrons. The van der Waals surface area contributed by atoms with E-state index in [-0.39, 0.29) is 6.10 Å². The van der Waals surface area contributed by atoms with Gasteiger partial charge in [0.25, 0.3) is 0 Å². The summed E-state index contributed by atoms with van der Waals surface area (Å²) >= 11 is 0. The highest BCUT2D eigenvalue weighted by Crippen LogP contribution is 2.76. The summed E-state index contributed by atoms with van der Waals surface area (Å²) in [6, 6.07) is 0. The van der Waals surface area contributed by atoms with Crippen molar-refractivity contribution in [3.63, 3.8) is 0 Å². The van der Waals surface area contributed by atoms with Crippen LogP contribution in [0.5, 0.6) is 0 Å². The lowest BCUT2D eigenvalue weighted by atomic mass is 9.36. The van der Waals surface area contributed by atoms with Crippen LogP contribution in [0.4, 0.5) is 0 Å². The highest BCUT2D eigenvalue weighted by Gasteiger charge is 2.68. The van der Waals surface area contributed by atoms with Crippen LogP contribution in [0.2, 0.25) is 0 Å². The molecule has 0 amide bonds. The topological polar surface area (TPSA) is 20.2 Å². The Morgan fingerprint density at radius 1 is 0.767 bits per heavy atom. The van der Waals surface area contributed by atoms with Crippen molar-refractivity contribution in [1.82, 2.24) is 0 Å². The van der Waals surface area contributed by atoms with Gasteiger partial charge < -0.3 is 5.11 Å². The van der Waals surface area contributed by atoms with Gasteiger partial charge in [-0.05, 0) is 109 Å². The van der Waals surface area contributed by atoms with Gasteiger partial charge >= 0.3 is 0 Å². The SMILES string of the molecule is CC(C)CCCC(C)[C@H]1CC[C@@]2(C)C3CC[C@]4(C)C[C@@H](O)CCC4[C@@]3(C)CC[C@]12C. The second-order valence-electron chi connectivity index (χ2n) is 14.0. The van der Waals surface area contributed by atoms with Gasteiger partial charge in [-0.1, -0.05) is 67.7 Å². The van der Waals surface area contributed by atoms with Crippen LogP contribution in [-0.4, -0.2) is 11.2 Å². The number of hydrogen-bond donors (Lipinski definition) is 1. The van der Waals surface area contributed by atoms with E-state index < -0.39 is 0 Å². The van der Waals surface area contributed by atoms with Crippen LogP contribution in [-0.2, 0) is 0 Å². The van der Waals surface area contributed by atoms with Gasteiger partial charge in [0.1, 0.15) is 0 Å². The average molecular weight is 417 g/mol. The minimum Gasteiger partial charge on any atom is -0.393 e. The molecule has 0 radical (unpaired) electrons. The molecule has 0 spiro atoms. The standard InChI is InChI=1S/C29H52O/c1-20(2)9-8-10-21(3)23-13-16-29(7)25-14-15-26(4)19-22(30)11-12-24(26)27(25,5)17-18-28(23,29)6/h20-25,30H,8-19H2,1-7H3/t21?,22-,23+,24?,25?,26+,27+,28+,29-/m0/s1. The number of fused-ring (bicyclic) bond motifs is 5. The molecule has 0 aromatic carbocycles. The van der Waals surface area contributed by atoms with Gasteiger partial charge in [-0.3, -0.25) is 0 Å². The summed E-state index contributed by atoms with van der Waals surface area (Å²) in [6.45, 7) is 18.0. The molecular weight excluding hydrogens is 364 g/mol. The third-order valence-electron chi connectivity index (χ3n) is 12.1. The summed E-state index contributed by atoms with van der Waals surface area (Å²) < 4.78 is 0. The molecule has 0 aliphatic heterocycles. The molecule has 4 fully saturated rings. The zero-order valence-electron chi connectivity index (χ0n) is 21.4. The van der Waals surface area contributed by atoms with Gasteiger partial charge in [-0.2, -0.15) is 0 Å². The lowest BCUT2D eigenvalue weighted by Gasteiger charge is -2.68. The Labute approximate surface area is 188 Å². The van der Waals surface area contributed by atoms with E-state index in [1.54, 1.807) is 0 Å². The monoisotopic (exact) mass is 416 g/mol. The van der Waals surface area contributed by atoms with Crippen LogP contribution in [0.3, 0.4) is 0 Å². The van der Waals surface area contributed by atoms with Gasteiger partial charge in [-0.15, -0.1) is 0 Å². The molecule has 4 aliphatic rings. The maximum absolute atomic E-state index is 10.4. The van der Waals surface area contributed by atoms with Crippen LogP contribution in [0.25, 0.3) is 0 Å². The van der Waals surface area contributed by atoms with Crippen LogP contribution in [0.15, 0.2) is 0 Å². The van der Waals surface area contributed by atoms with E-state index in [4.69, 9.17) is 0 Å². The molecule has 0 saturated heterocycles. The fourth-order valence-electron chi connectivity index (χ4n) is 10.4. The minimum absolute atomic E-state index is 0.0432. The Bertz CT molecular complexity index is 626. The number of aliphatic hydroxyl groups excluding tert-OH is 1. The Hall–Kier alpha value is -0.0400. The van der Waals surface area contributed by atoms with E-state index in [0.29, 0.717) is 21.7 Å². The van der Waals surface area contributed by atoms with Crippen LogP contribution >= 0.6 is 0 Å². The third-order valence-corrected chi connectivity index (χ3v) is 12.1. The summed E-state index contributed by atoms with van der Waals surface area (Å²) in [5, 5.41) is 10.4. The van der Waals surface area contributed by atoms with Crippen molar-refractivity contribution in [3.8, 4) is 0 Å². The highest BCUT2D eigenvalue weighted by atomic mass is 16.3. The van der Waals surface area contributed by atoms with Crippen molar-refractivity contribution in [2.45, 2.75) is 132 Å². The summed E-state index contributed by atoms with van der Waals surface area (Å²) in [6.07, 6.45) is 16.2. The molecule has 4 saturated carbocycles. The highest BCUT2D eigenvalue weighted by molar-refractivity contribution is 5.17. The van der Waals surface area contributed by atoms with Gasteiger partial charge in [0.05, 0.1) is 6.10 Å². The molecule has 30 heavy (non-hydrogen) atoms. The second kappa shape index (κ2) is 7.78. The summed E-state index contributed by atoms with van der Waals surface area (Å²) in [7, 11) is 0. The minimum atomic E-state index is -0.0432. The summed E-state index contributed by atoms with van der Waals surface area (Å²) in [5.74, 6) is 4.39. The largest absolute Gasteiger partial charge is 0.393 e. The van der Waals surface area contributed by atoms with Crippen LogP contribution in [0, 0.1) is 51.2 Å².